The van der Waals surface area contributed by atoms with Gasteiger partial charge in [-0.2, -0.15) is 18.4 Å². The highest BCUT2D eigenvalue weighted by Gasteiger charge is 2.50. The minimum Gasteiger partial charge on any atom is -0.356 e. The molecular formula is C22H22F4N6O. The molecule has 33 heavy (non-hydrogen) atoms. The number of aromatic nitrogens is 2. The van der Waals surface area contributed by atoms with E-state index in [9.17, 15) is 27.6 Å². The normalized spacial score (nSPS) is 19.3. The second-order valence-corrected chi connectivity index (χ2v) is 8.45. The molecule has 1 saturated carbocycles. The zero-order valence-electron chi connectivity index (χ0n) is 17.6. The molecule has 174 valence electrons. The number of amides is 1. The Morgan fingerprint density at radius 3 is 2.70 bits per heavy atom. The summed E-state index contributed by atoms with van der Waals surface area (Å²) in [7, 11) is 0. The van der Waals surface area contributed by atoms with Crippen molar-refractivity contribution in [2.45, 2.75) is 32.0 Å². The maximum absolute atomic E-state index is 14.5. The van der Waals surface area contributed by atoms with Crippen LogP contribution in [-0.4, -0.2) is 35.5 Å². The van der Waals surface area contributed by atoms with Gasteiger partial charge in [-0.3, -0.25) is 4.79 Å². The Morgan fingerprint density at radius 2 is 2.12 bits per heavy atom. The van der Waals surface area contributed by atoms with E-state index >= 15 is 0 Å². The highest BCUT2D eigenvalue weighted by Crippen LogP contribution is 2.45. The van der Waals surface area contributed by atoms with Crippen molar-refractivity contribution in [2.24, 2.45) is 17.1 Å². The van der Waals surface area contributed by atoms with Crippen molar-refractivity contribution >= 4 is 11.7 Å². The summed E-state index contributed by atoms with van der Waals surface area (Å²) in [6.07, 6.45) is -1.39. The molecule has 2 heterocycles. The van der Waals surface area contributed by atoms with Crippen LogP contribution in [0.3, 0.4) is 0 Å². The molecule has 1 aromatic carbocycles. The van der Waals surface area contributed by atoms with Gasteiger partial charge in [0.05, 0.1) is 17.2 Å². The van der Waals surface area contributed by atoms with Gasteiger partial charge in [-0.1, -0.05) is 0 Å². The maximum atomic E-state index is 14.5. The van der Waals surface area contributed by atoms with Gasteiger partial charge in [-0.15, -0.1) is 0 Å². The summed E-state index contributed by atoms with van der Waals surface area (Å²) in [6, 6.07) is 4.25. The van der Waals surface area contributed by atoms with E-state index in [2.05, 4.69) is 15.3 Å². The molecule has 0 spiro atoms. The van der Waals surface area contributed by atoms with Crippen LogP contribution in [0.4, 0.5) is 23.4 Å². The first-order chi connectivity index (χ1) is 15.7. The molecule has 2 aromatic rings. The first-order valence-electron chi connectivity index (χ1n) is 10.5. The Balaban J connectivity index is 1.64. The third-order valence-corrected chi connectivity index (χ3v) is 6.14. The van der Waals surface area contributed by atoms with Crippen LogP contribution in [0.5, 0.6) is 0 Å². The van der Waals surface area contributed by atoms with Crippen LogP contribution in [-0.2, 0) is 17.5 Å². The average molecular weight is 462 g/mol. The first kappa shape index (κ1) is 22.9. The van der Waals surface area contributed by atoms with Crippen molar-refractivity contribution in [3.63, 3.8) is 0 Å². The summed E-state index contributed by atoms with van der Waals surface area (Å²) in [5.41, 5.74) is 4.11. The van der Waals surface area contributed by atoms with Gasteiger partial charge in [0.15, 0.2) is 5.82 Å². The highest BCUT2D eigenvalue weighted by atomic mass is 19.4. The largest absolute Gasteiger partial charge is 0.416 e. The second-order valence-electron chi connectivity index (χ2n) is 8.45. The van der Waals surface area contributed by atoms with Crippen molar-refractivity contribution in [1.82, 2.24) is 15.3 Å². The Bertz CT molecular complexity index is 1110. The van der Waals surface area contributed by atoms with Crippen molar-refractivity contribution in [2.75, 3.05) is 24.5 Å². The summed E-state index contributed by atoms with van der Waals surface area (Å²) < 4.78 is 53.2. The SMILES string of the molecule is N#CC1(C(=O)NCc2cnc(-c3ccc(C(F)(F)F)cc3F)nc2N2CCC(CN)C2)CC1. The van der Waals surface area contributed by atoms with Gasteiger partial charge in [0.25, 0.3) is 0 Å². The van der Waals surface area contributed by atoms with E-state index in [0.717, 1.165) is 18.6 Å². The molecule has 3 N–H and O–H groups in total. The third-order valence-electron chi connectivity index (χ3n) is 6.14. The minimum atomic E-state index is -4.66. The molecule has 1 amide bonds. The Hall–Kier alpha value is -3.26. The second kappa shape index (κ2) is 8.59. The van der Waals surface area contributed by atoms with Crippen LogP contribution < -0.4 is 16.0 Å². The molecule has 1 aliphatic carbocycles. The van der Waals surface area contributed by atoms with Crippen LogP contribution in [0.25, 0.3) is 11.4 Å². The molecule has 0 radical (unpaired) electrons. The highest BCUT2D eigenvalue weighted by molar-refractivity contribution is 5.88. The Morgan fingerprint density at radius 1 is 1.36 bits per heavy atom. The van der Waals surface area contributed by atoms with Crippen molar-refractivity contribution in [3.05, 3.63) is 41.3 Å². The fourth-order valence-electron chi connectivity index (χ4n) is 3.88. The van der Waals surface area contributed by atoms with Crippen molar-refractivity contribution < 1.29 is 22.4 Å². The van der Waals surface area contributed by atoms with Gasteiger partial charge >= 0.3 is 6.18 Å². The van der Waals surface area contributed by atoms with E-state index in [1.165, 1.54) is 6.20 Å². The van der Waals surface area contributed by atoms with E-state index in [4.69, 9.17) is 5.73 Å². The van der Waals surface area contributed by atoms with Crippen LogP contribution >= 0.6 is 0 Å². The van der Waals surface area contributed by atoms with Gasteiger partial charge < -0.3 is 16.0 Å². The zero-order chi connectivity index (χ0) is 23.8. The summed E-state index contributed by atoms with van der Waals surface area (Å²) in [5.74, 6) is -0.810. The average Bonchev–Trinajstić information content (AvgIpc) is 3.46. The lowest BCUT2D eigenvalue weighted by Crippen LogP contribution is -2.32. The molecule has 1 saturated heterocycles. The predicted octanol–water partition coefficient (Wildman–Crippen LogP) is 3.01. The lowest BCUT2D eigenvalue weighted by molar-refractivity contribution is -0.137. The lowest BCUT2D eigenvalue weighted by Gasteiger charge is -2.22. The van der Waals surface area contributed by atoms with Gasteiger partial charge in [0.2, 0.25) is 5.91 Å². The molecule has 7 nitrogen and oxygen atoms in total. The Kier molecular flexibility index (Phi) is 5.97. The first-order valence-corrected chi connectivity index (χ1v) is 10.5. The molecule has 11 heteroatoms. The van der Waals surface area contributed by atoms with E-state index in [1.54, 1.807) is 0 Å². The fraction of sp³-hybridized carbons (Fsp3) is 0.455. The standard InChI is InChI=1S/C22H22F4N6O/c23-17-7-15(22(24,25)26)1-2-16(17)18-29-9-14(10-30-20(33)21(12-28)4-5-21)19(31-18)32-6-3-13(8-27)11-32/h1-2,7,9,13H,3-6,8,10-11,27H2,(H,30,33). The molecule has 0 bridgehead atoms. The molecule has 1 atom stereocenters. The number of nitrogens with one attached hydrogen (secondary N) is 1. The smallest absolute Gasteiger partial charge is 0.356 e. The van der Waals surface area contributed by atoms with E-state index < -0.39 is 23.0 Å². The molecule has 1 aliphatic heterocycles. The quantitative estimate of drug-likeness (QED) is 0.639. The molecule has 1 aromatic heterocycles. The number of carbonyl (C=O) groups is 1. The lowest BCUT2D eigenvalue weighted by atomic mass is 10.1. The van der Waals surface area contributed by atoms with E-state index in [0.29, 0.717) is 49.9 Å². The predicted molar refractivity (Wildman–Crippen MR) is 111 cm³/mol. The van der Waals surface area contributed by atoms with Crippen molar-refractivity contribution in [1.29, 1.82) is 5.26 Å². The third kappa shape index (κ3) is 4.61. The number of nitriles is 1. The summed E-state index contributed by atoms with van der Waals surface area (Å²) in [6.45, 7) is 1.79. The summed E-state index contributed by atoms with van der Waals surface area (Å²) in [4.78, 5) is 22.9. The number of nitrogens with zero attached hydrogens (tertiary/aromatic N) is 4. The number of nitrogens with two attached hydrogens (primary N) is 1. The van der Waals surface area contributed by atoms with Gasteiger partial charge in [-0.25, -0.2) is 14.4 Å². The monoisotopic (exact) mass is 462 g/mol. The van der Waals surface area contributed by atoms with Crippen molar-refractivity contribution in [3.8, 4) is 17.5 Å². The molecular weight excluding hydrogens is 440 g/mol. The van der Waals surface area contributed by atoms with E-state index in [1.807, 2.05) is 11.0 Å². The van der Waals surface area contributed by atoms with Crippen LogP contribution in [0.2, 0.25) is 0 Å². The van der Waals surface area contributed by atoms with Crippen LogP contribution in [0, 0.1) is 28.5 Å². The van der Waals surface area contributed by atoms with Crippen LogP contribution in [0.15, 0.2) is 24.4 Å². The Labute approximate surface area is 187 Å². The van der Waals surface area contributed by atoms with Crippen LogP contribution in [0.1, 0.15) is 30.4 Å². The molecule has 4 rings (SSSR count). The molecule has 1 unspecified atom stereocenters. The molecule has 2 fully saturated rings. The minimum absolute atomic E-state index is 0.0572. The van der Waals surface area contributed by atoms with Gasteiger partial charge in [0, 0.05) is 31.4 Å². The number of benzene rings is 1. The van der Waals surface area contributed by atoms with Gasteiger partial charge in [-0.05, 0) is 49.9 Å². The number of hydrogen-bond acceptors (Lipinski definition) is 6. The number of halogens is 4. The van der Waals surface area contributed by atoms with Gasteiger partial charge in [0.1, 0.15) is 17.1 Å². The summed E-state index contributed by atoms with van der Waals surface area (Å²) >= 11 is 0. The number of carbonyl (C=O) groups excluding carboxylic acids is 1. The topological polar surface area (TPSA) is 108 Å². The number of alkyl halides is 3. The zero-order valence-corrected chi connectivity index (χ0v) is 17.6. The van der Waals surface area contributed by atoms with E-state index in [-0.39, 0.29) is 29.8 Å². The number of anilines is 1. The fourth-order valence-corrected chi connectivity index (χ4v) is 3.88. The molecule has 2 aliphatic rings. The summed E-state index contributed by atoms with van der Waals surface area (Å²) in [5, 5.41) is 11.9. The number of rotatable bonds is 6. The maximum Gasteiger partial charge on any atom is 0.416 e. The number of hydrogen-bond donors (Lipinski definition) is 2.